The van der Waals surface area contributed by atoms with E-state index in [0.717, 1.165) is 33.2 Å². The van der Waals surface area contributed by atoms with E-state index in [1.54, 1.807) is 0 Å². The summed E-state index contributed by atoms with van der Waals surface area (Å²) < 4.78 is 4.25. The number of aryl methyl sites for hydroxylation is 1. The molecule has 0 fully saturated rings. The van der Waals surface area contributed by atoms with Crippen molar-refractivity contribution < 1.29 is 0 Å². The van der Waals surface area contributed by atoms with Crippen molar-refractivity contribution in [3.05, 3.63) is 60.6 Å². The van der Waals surface area contributed by atoms with E-state index in [9.17, 15) is 0 Å². The molecule has 4 heteroatoms. The third-order valence-electron chi connectivity index (χ3n) is 4.05. The number of benzene rings is 1. The average molecular weight is 272 g/mol. The number of rotatable bonds is 0. The van der Waals surface area contributed by atoms with Gasteiger partial charge in [-0.25, -0.2) is 9.97 Å². The van der Waals surface area contributed by atoms with E-state index in [1.807, 2.05) is 18.5 Å². The minimum Gasteiger partial charge on any atom is -0.298 e. The Kier molecular flexibility index (Phi) is 1.86. The number of hydrogen-bond donors (Lipinski definition) is 0. The molecule has 4 nitrogen and oxygen atoms in total. The summed E-state index contributed by atoms with van der Waals surface area (Å²) >= 11 is 0. The van der Waals surface area contributed by atoms with Gasteiger partial charge in [0, 0.05) is 24.0 Å². The average Bonchev–Trinajstić information content (AvgIpc) is 3.10. The molecule has 0 aliphatic rings. The van der Waals surface area contributed by atoms with Crippen molar-refractivity contribution in [2.24, 2.45) is 0 Å². The van der Waals surface area contributed by atoms with Crippen molar-refractivity contribution in [3.8, 4) is 0 Å². The fourth-order valence-electron chi connectivity index (χ4n) is 3.10. The summed E-state index contributed by atoms with van der Waals surface area (Å²) in [5, 5.41) is 1.15. The van der Waals surface area contributed by atoms with Crippen molar-refractivity contribution >= 4 is 33.2 Å². The van der Waals surface area contributed by atoms with Crippen LogP contribution in [0.3, 0.4) is 0 Å². The molecule has 0 atom stereocenters. The highest BCUT2D eigenvalue weighted by atomic mass is 15.1. The molecule has 0 saturated heterocycles. The first kappa shape index (κ1) is 10.9. The largest absolute Gasteiger partial charge is 0.298 e. The van der Waals surface area contributed by atoms with Crippen LogP contribution in [-0.4, -0.2) is 18.8 Å². The second-order valence-electron chi connectivity index (χ2n) is 5.38. The molecule has 0 saturated carbocycles. The van der Waals surface area contributed by atoms with Gasteiger partial charge in [-0.15, -0.1) is 0 Å². The molecule has 21 heavy (non-hydrogen) atoms. The SMILES string of the molecule is Cc1ccn2c(c1)nc1c3ccccc3n3ccnc3c12. The lowest BCUT2D eigenvalue weighted by molar-refractivity contribution is 1.19. The van der Waals surface area contributed by atoms with Gasteiger partial charge in [-0.05, 0) is 30.7 Å². The molecule has 5 rings (SSSR count). The van der Waals surface area contributed by atoms with Crippen LogP contribution in [0.5, 0.6) is 0 Å². The molecule has 0 unspecified atom stereocenters. The quantitative estimate of drug-likeness (QED) is 0.431. The first-order valence-corrected chi connectivity index (χ1v) is 6.95. The van der Waals surface area contributed by atoms with Crippen LogP contribution in [0.1, 0.15) is 5.56 Å². The number of hydrogen-bond acceptors (Lipinski definition) is 2. The normalized spacial score (nSPS) is 12.0. The first-order valence-electron chi connectivity index (χ1n) is 6.95. The van der Waals surface area contributed by atoms with Crippen LogP contribution in [0.2, 0.25) is 0 Å². The maximum absolute atomic E-state index is 4.84. The molecule has 0 spiro atoms. The zero-order chi connectivity index (χ0) is 14.0. The highest BCUT2D eigenvalue weighted by molar-refractivity contribution is 6.09. The number of nitrogens with zero attached hydrogens (tertiary/aromatic N) is 4. The standard InChI is InChI=1S/C17H12N4/c1-11-6-8-21-14(10-11)19-15-12-4-2-3-5-13(12)20-9-7-18-17(20)16(15)21/h2-10H,1H3. The lowest BCUT2D eigenvalue weighted by atomic mass is 10.2. The highest BCUT2D eigenvalue weighted by Gasteiger charge is 2.14. The summed E-state index contributed by atoms with van der Waals surface area (Å²) in [4.78, 5) is 9.39. The molecule has 0 aliphatic heterocycles. The Balaban J connectivity index is 2.21. The Morgan fingerprint density at radius 3 is 2.86 bits per heavy atom. The van der Waals surface area contributed by atoms with Gasteiger partial charge in [0.15, 0.2) is 5.65 Å². The zero-order valence-corrected chi connectivity index (χ0v) is 11.5. The predicted molar refractivity (Wildman–Crippen MR) is 83.7 cm³/mol. The molecule has 1 aromatic carbocycles. The van der Waals surface area contributed by atoms with Crippen molar-refractivity contribution in [3.63, 3.8) is 0 Å². The maximum atomic E-state index is 4.84. The van der Waals surface area contributed by atoms with Gasteiger partial charge in [-0.3, -0.25) is 8.80 Å². The lowest BCUT2D eigenvalue weighted by Gasteiger charge is -2.04. The van der Waals surface area contributed by atoms with E-state index in [0.29, 0.717) is 0 Å². The van der Waals surface area contributed by atoms with Crippen LogP contribution < -0.4 is 0 Å². The summed E-state index contributed by atoms with van der Waals surface area (Å²) in [6, 6.07) is 12.5. The van der Waals surface area contributed by atoms with Crippen LogP contribution in [0.25, 0.3) is 33.2 Å². The number of para-hydroxylation sites is 1. The van der Waals surface area contributed by atoms with E-state index in [4.69, 9.17) is 4.98 Å². The van der Waals surface area contributed by atoms with E-state index in [1.165, 1.54) is 5.56 Å². The highest BCUT2D eigenvalue weighted by Crippen LogP contribution is 2.29. The number of pyridine rings is 2. The van der Waals surface area contributed by atoms with Gasteiger partial charge < -0.3 is 0 Å². The Hall–Kier alpha value is -2.88. The van der Waals surface area contributed by atoms with Crippen molar-refractivity contribution in [2.45, 2.75) is 6.92 Å². The lowest BCUT2D eigenvalue weighted by Crippen LogP contribution is -1.91. The third kappa shape index (κ3) is 1.29. The molecular weight excluding hydrogens is 260 g/mol. The molecule has 0 bridgehead atoms. The number of fused-ring (bicyclic) bond motifs is 8. The van der Waals surface area contributed by atoms with Crippen molar-refractivity contribution in [1.82, 2.24) is 18.8 Å². The minimum absolute atomic E-state index is 0.944. The Bertz CT molecular complexity index is 1150. The molecule has 4 heterocycles. The van der Waals surface area contributed by atoms with E-state index in [2.05, 4.69) is 57.2 Å². The van der Waals surface area contributed by atoms with Gasteiger partial charge in [-0.1, -0.05) is 18.2 Å². The molecule has 0 aliphatic carbocycles. The molecule has 5 aromatic rings. The summed E-state index contributed by atoms with van der Waals surface area (Å²) in [5.74, 6) is 0. The van der Waals surface area contributed by atoms with Crippen LogP contribution in [0.4, 0.5) is 0 Å². The van der Waals surface area contributed by atoms with E-state index >= 15 is 0 Å². The van der Waals surface area contributed by atoms with E-state index in [-0.39, 0.29) is 0 Å². The van der Waals surface area contributed by atoms with Crippen LogP contribution >= 0.6 is 0 Å². The predicted octanol–water partition coefficient (Wildman–Crippen LogP) is 3.60. The monoisotopic (exact) mass is 272 g/mol. The summed E-state index contributed by atoms with van der Waals surface area (Å²) in [5.41, 5.74) is 6.33. The van der Waals surface area contributed by atoms with Gasteiger partial charge in [0.1, 0.15) is 16.7 Å². The van der Waals surface area contributed by atoms with Crippen LogP contribution in [0, 0.1) is 6.92 Å². The van der Waals surface area contributed by atoms with E-state index < -0.39 is 0 Å². The van der Waals surface area contributed by atoms with Gasteiger partial charge in [0.2, 0.25) is 0 Å². The van der Waals surface area contributed by atoms with Gasteiger partial charge in [-0.2, -0.15) is 0 Å². The number of aromatic nitrogens is 4. The maximum Gasteiger partial charge on any atom is 0.163 e. The second kappa shape index (κ2) is 3.61. The summed E-state index contributed by atoms with van der Waals surface area (Å²) in [7, 11) is 0. The van der Waals surface area contributed by atoms with Crippen LogP contribution in [0.15, 0.2) is 55.0 Å². The van der Waals surface area contributed by atoms with Gasteiger partial charge in [0.25, 0.3) is 0 Å². The Morgan fingerprint density at radius 1 is 1.00 bits per heavy atom. The second-order valence-corrected chi connectivity index (χ2v) is 5.38. The smallest absolute Gasteiger partial charge is 0.163 e. The van der Waals surface area contributed by atoms with Crippen LogP contribution in [-0.2, 0) is 0 Å². The minimum atomic E-state index is 0.944. The fourth-order valence-corrected chi connectivity index (χ4v) is 3.10. The first-order chi connectivity index (χ1) is 10.3. The zero-order valence-electron chi connectivity index (χ0n) is 11.5. The molecule has 0 N–H and O–H groups in total. The fraction of sp³-hybridized carbons (Fsp3) is 0.0588. The Labute approximate surface area is 120 Å². The summed E-state index contributed by atoms with van der Waals surface area (Å²) in [6.07, 6.45) is 5.92. The molecule has 100 valence electrons. The third-order valence-corrected chi connectivity index (χ3v) is 4.05. The Morgan fingerprint density at radius 2 is 1.90 bits per heavy atom. The van der Waals surface area contributed by atoms with Gasteiger partial charge in [0.05, 0.1) is 5.52 Å². The topological polar surface area (TPSA) is 34.6 Å². The summed E-state index contributed by atoms with van der Waals surface area (Å²) in [6.45, 7) is 2.09. The number of imidazole rings is 2. The molecule has 4 aromatic heterocycles. The molecule has 0 amide bonds. The van der Waals surface area contributed by atoms with Crippen molar-refractivity contribution in [1.29, 1.82) is 0 Å². The molecular formula is C17H12N4. The molecule has 0 radical (unpaired) electrons. The van der Waals surface area contributed by atoms with Gasteiger partial charge >= 0.3 is 0 Å². The van der Waals surface area contributed by atoms with Crippen molar-refractivity contribution in [2.75, 3.05) is 0 Å².